The summed E-state index contributed by atoms with van der Waals surface area (Å²) >= 11 is 0. The van der Waals surface area contributed by atoms with Gasteiger partial charge in [0.15, 0.2) is 0 Å². The van der Waals surface area contributed by atoms with Crippen LogP contribution in [0.1, 0.15) is 21.6 Å². The molecule has 0 spiro atoms. The molecule has 0 unspecified atom stereocenters. The molecule has 0 amide bonds. The number of nitrogen functional groups attached to an aromatic ring is 1. The highest BCUT2D eigenvalue weighted by Gasteiger charge is 2.11. The molecule has 2 aromatic rings. The summed E-state index contributed by atoms with van der Waals surface area (Å²) in [5.41, 5.74) is 8.49. The topological polar surface area (TPSA) is 58.9 Å². The van der Waals surface area contributed by atoms with Gasteiger partial charge in [-0.2, -0.15) is 0 Å². The molecule has 76 valence electrons. The van der Waals surface area contributed by atoms with E-state index in [1.807, 2.05) is 6.92 Å². The lowest BCUT2D eigenvalue weighted by atomic mass is 10.0. The van der Waals surface area contributed by atoms with Crippen LogP contribution in [0.25, 0.3) is 0 Å². The van der Waals surface area contributed by atoms with E-state index in [9.17, 15) is 4.79 Å². The standard InChI is InChI=1S/C12H12N2O/c1-8-7-9(13)4-5-10(8)12(15)11-3-2-6-14-11/h2-7,14H,13H2,1H3. The SMILES string of the molecule is Cc1cc(N)ccc1C(=O)c1ccc[nH]1. The van der Waals surface area contributed by atoms with E-state index in [1.54, 1.807) is 36.5 Å². The fourth-order valence-electron chi connectivity index (χ4n) is 1.56. The molecular formula is C12H12N2O. The van der Waals surface area contributed by atoms with E-state index in [0.717, 1.165) is 5.56 Å². The van der Waals surface area contributed by atoms with Crippen LogP contribution in [0.3, 0.4) is 0 Å². The Balaban J connectivity index is 2.42. The van der Waals surface area contributed by atoms with Crippen molar-refractivity contribution in [2.75, 3.05) is 5.73 Å². The van der Waals surface area contributed by atoms with E-state index in [0.29, 0.717) is 16.9 Å². The molecule has 3 heteroatoms. The van der Waals surface area contributed by atoms with Crippen molar-refractivity contribution < 1.29 is 4.79 Å². The third-order valence-corrected chi connectivity index (χ3v) is 2.34. The van der Waals surface area contributed by atoms with Crippen LogP contribution < -0.4 is 5.73 Å². The maximum atomic E-state index is 12.0. The summed E-state index contributed by atoms with van der Waals surface area (Å²) in [5, 5.41) is 0. The Kier molecular flexibility index (Phi) is 2.29. The maximum absolute atomic E-state index is 12.0. The summed E-state index contributed by atoms with van der Waals surface area (Å²) in [6, 6.07) is 8.87. The number of carbonyl (C=O) groups excluding carboxylic acids is 1. The summed E-state index contributed by atoms with van der Waals surface area (Å²) in [7, 11) is 0. The van der Waals surface area contributed by atoms with Crippen LogP contribution in [0.2, 0.25) is 0 Å². The van der Waals surface area contributed by atoms with E-state index in [4.69, 9.17) is 5.73 Å². The Bertz CT molecular complexity index is 486. The van der Waals surface area contributed by atoms with E-state index >= 15 is 0 Å². The van der Waals surface area contributed by atoms with Gasteiger partial charge in [0.25, 0.3) is 0 Å². The largest absolute Gasteiger partial charge is 0.399 e. The van der Waals surface area contributed by atoms with E-state index in [2.05, 4.69) is 4.98 Å². The van der Waals surface area contributed by atoms with Gasteiger partial charge in [-0.1, -0.05) is 0 Å². The van der Waals surface area contributed by atoms with Crippen LogP contribution in [0.4, 0.5) is 5.69 Å². The van der Waals surface area contributed by atoms with Gasteiger partial charge in [-0.25, -0.2) is 0 Å². The second-order valence-electron chi connectivity index (χ2n) is 3.49. The number of ketones is 1. The number of aromatic amines is 1. The van der Waals surface area contributed by atoms with Crippen molar-refractivity contribution in [2.24, 2.45) is 0 Å². The van der Waals surface area contributed by atoms with Crippen LogP contribution in [-0.2, 0) is 0 Å². The minimum absolute atomic E-state index is 0.00231. The summed E-state index contributed by atoms with van der Waals surface area (Å²) in [5.74, 6) is -0.00231. The average molecular weight is 200 g/mol. The second kappa shape index (κ2) is 3.61. The number of carbonyl (C=O) groups is 1. The zero-order valence-electron chi connectivity index (χ0n) is 8.45. The highest BCUT2D eigenvalue weighted by atomic mass is 16.1. The molecule has 15 heavy (non-hydrogen) atoms. The zero-order valence-corrected chi connectivity index (χ0v) is 8.45. The maximum Gasteiger partial charge on any atom is 0.209 e. The molecule has 0 aliphatic rings. The Morgan fingerprint density at radius 1 is 1.33 bits per heavy atom. The molecule has 0 atom stereocenters. The monoisotopic (exact) mass is 200 g/mol. The van der Waals surface area contributed by atoms with Crippen molar-refractivity contribution in [3.8, 4) is 0 Å². The first-order valence-corrected chi connectivity index (χ1v) is 4.72. The molecule has 0 bridgehead atoms. The lowest BCUT2D eigenvalue weighted by Crippen LogP contribution is -2.04. The third kappa shape index (κ3) is 1.76. The first-order chi connectivity index (χ1) is 7.18. The quantitative estimate of drug-likeness (QED) is 0.576. The summed E-state index contributed by atoms with van der Waals surface area (Å²) in [6.45, 7) is 1.88. The molecule has 3 nitrogen and oxygen atoms in total. The Morgan fingerprint density at radius 2 is 2.13 bits per heavy atom. The second-order valence-corrected chi connectivity index (χ2v) is 3.49. The predicted octanol–water partition coefficient (Wildman–Crippen LogP) is 2.14. The molecule has 0 saturated heterocycles. The first kappa shape index (κ1) is 9.52. The van der Waals surface area contributed by atoms with Crippen LogP contribution in [0.15, 0.2) is 36.5 Å². The lowest BCUT2D eigenvalue weighted by molar-refractivity contribution is 0.103. The van der Waals surface area contributed by atoms with E-state index in [1.165, 1.54) is 0 Å². The van der Waals surface area contributed by atoms with Crippen LogP contribution in [0.5, 0.6) is 0 Å². The number of rotatable bonds is 2. The number of aromatic nitrogens is 1. The van der Waals surface area contributed by atoms with Gasteiger partial charge in [0, 0.05) is 17.4 Å². The zero-order chi connectivity index (χ0) is 10.8. The normalized spacial score (nSPS) is 10.2. The van der Waals surface area contributed by atoms with Gasteiger partial charge < -0.3 is 10.7 Å². The predicted molar refractivity (Wildman–Crippen MR) is 59.8 cm³/mol. The first-order valence-electron chi connectivity index (χ1n) is 4.72. The fourth-order valence-corrected chi connectivity index (χ4v) is 1.56. The van der Waals surface area contributed by atoms with E-state index in [-0.39, 0.29) is 5.78 Å². The molecule has 0 fully saturated rings. The molecule has 2 rings (SSSR count). The number of nitrogens with two attached hydrogens (primary N) is 1. The van der Waals surface area contributed by atoms with Gasteiger partial charge in [-0.05, 0) is 42.8 Å². The lowest BCUT2D eigenvalue weighted by Gasteiger charge is -2.04. The number of nitrogens with one attached hydrogen (secondary N) is 1. The van der Waals surface area contributed by atoms with Crippen molar-refractivity contribution in [1.82, 2.24) is 4.98 Å². The average Bonchev–Trinajstić information content (AvgIpc) is 2.69. The Morgan fingerprint density at radius 3 is 2.73 bits per heavy atom. The van der Waals surface area contributed by atoms with Crippen LogP contribution >= 0.6 is 0 Å². The highest BCUT2D eigenvalue weighted by Crippen LogP contribution is 2.15. The van der Waals surface area contributed by atoms with Gasteiger partial charge in [0.05, 0.1) is 5.69 Å². The molecular weight excluding hydrogens is 188 g/mol. The molecule has 1 aromatic carbocycles. The molecule has 1 aromatic heterocycles. The van der Waals surface area contributed by atoms with Crippen molar-refractivity contribution >= 4 is 11.5 Å². The van der Waals surface area contributed by atoms with Gasteiger partial charge >= 0.3 is 0 Å². The minimum Gasteiger partial charge on any atom is -0.399 e. The van der Waals surface area contributed by atoms with Gasteiger partial charge in [-0.3, -0.25) is 4.79 Å². The molecule has 3 N–H and O–H groups in total. The molecule has 0 radical (unpaired) electrons. The Labute approximate surface area is 87.9 Å². The number of benzene rings is 1. The van der Waals surface area contributed by atoms with E-state index < -0.39 is 0 Å². The van der Waals surface area contributed by atoms with Gasteiger partial charge in [-0.15, -0.1) is 0 Å². The molecule has 0 saturated carbocycles. The number of H-pyrrole nitrogens is 1. The molecule has 0 aliphatic carbocycles. The van der Waals surface area contributed by atoms with Crippen molar-refractivity contribution in [3.05, 3.63) is 53.3 Å². The molecule has 0 aliphatic heterocycles. The number of anilines is 1. The third-order valence-electron chi connectivity index (χ3n) is 2.34. The summed E-state index contributed by atoms with van der Waals surface area (Å²) in [4.78, 5) is 14.9. The van der Waals surface area contributed by atoms with Crippen LogP contribution in [-0.4, -0.2) is 10.8 Å². The Hall–Kier alpha value is -2.03. The molecule has 1 heterocycles. The number of hydrogen-bond acceptors (Lipinski definition) is 2. The van der Waals surface area contributed by atoms with Crippen molar-refractivity contribution in [2.45, 2.75) is 6.92 Å². The van der Waals surface area contributed by atoms with Gasteiger partial charge in [0.1, 0.15) is 0 Å². The van der Waals surface area contributed by atoms with Crippen molar-refractivity contribution in [3.63, 3.8) is 0 Å². The summed E-state index contributed by atoms with van der Waals surface area (Å²) < 4.78 is 0. The number of aryl methyl sites for hydroxylation is 1. The smallest absolute Gasteiger partial charge is 0.209 e. The number of hydrogen-bond donors (Lipinski definition) is 2. The van der Waals surface area contributed by atoms with Gasteiger partial charge in [0.2, 0.25) is 5.78 Å². The minimum atomic E-state index is -0.00231. The van der Waals surface area contributed by atoms with Crippen LogP contribution in [0, 0.1) is 6.92 Å². The summed E-state index contributed by atoms with van der Waals surface area (Å²) in [6.07, 6.45) is 1.74. The highest BCUT2D eigenvalue weighted by molar-refractivity contribution is 6.08. The van der Waals surface area contributed by atoms with Crippen molar-refractivity contribution in [1.29, 1.82) is 0 Å². The fraction of sp³-hybridized carbons (Fsp3) is 0.0833.